The van der Waals surface area contributed by atoms with Gasteiger partial charge in [-0.1, -0.05) is 52.3 Å². The van der Waals surface area contributed by atoms with Gasteiger partial charge in [-0.3, -0.25) is 9.59 Å². The summed E-state index contributed by atoms with van der Waals surface area (Å²) < 4.78 is 5.30. The van der Waals surface area contributed by atoms with Crippen LogP contribution in [0.4, 0.5) is 5.69 Å². The van der Waals surface area contributed by atoms with E-state index in [4.69, 9.17) is 4.74 Å². The van der Waals surface area contributed by atoms with Gasteiger partial charge in [-0.2, -0.15) is 0 Å². The second kappa shape index (κ2) is 8.45. The van der Waals surface area contributed by atoms with Gasteiger partial charge in [0.25, 0.3) is 5.91 Å². The Kier molecular flexibility index (Phi) is 6.23. The van der Waals surface area contributed by atoms with Crippen molar-refractivity contribution in [3.8, 4) is 0 Å². The Morgan fingerprint density at radius 2 is 1.74 bits per heavy atom. The molecule has 1 aromatic rings. The Balaban J connectivity index is 1.55. The third-order valence-corrected chi connectivity index (χ3v) is 6.31. The van der Waals surface area contributed by atoms with E-state index < -0.39 is 0 Å². The molecule has 3 atom stereocenters. The average Bonchev–Trinajstić information content (AvgIpc) is 3.22. The number of ether oxygens (including phenoxy) is 1. The number of para-hydroxylation sites is 1. The largest absolute Gasteiger partial charge is 0.456 e. The molecule has 148 valence electrons. The molecular weight excluding hydrogens is 338 g/mol. The molecule has 1 amide bonds. The molecule has 27 heavy (non-hydrogen) atoms. The molecule has 2 saturated carbocycles. The van der Waals surface area contributed by atoms with Crippen molar-refractivity contribution in [2.45, 2.75) is 71.6 Å². The molecule has 0 spiro atoms. The summed E-state index contributed by atoms with van der Waals surface area (Å²) >= 11 is 0. The van der Waals surface area contributed by atoms with Crippen molar-refractivity contribution in [2.75, 3.05) is 11.9 Å². The molecular formula is C23H33NO3. The van der Waals surface area contributed by atoms with Gasteiger partial charge in [-0.05, 0) is 60.0 Å². The minimum Gasteiger partial charge on any atom is -0.456 e. The van der Waals surface area contributed by atoms with Gasteiger partial charge < -0.3 is 10.1 Å². The highest BCUT2D eigenvalue weighted by molar-refractivity contribution is 5.94. The monoisotopic (exact) mass is 371 g/mol. The lowest BCUT2D eigenvalue weighted by atomic mass is 9.86. The Morgan fingerprint density at radius 1 is 1.07 bits per heavy atom. The van der Waals surface area contributed by atoms with Gasteiger partial charge in [0.2, 0.25) is 0 Å². The number of benzene rings is 1. The van der Waals surface area contributed by atoms with Gasteiger partial charge in [0, 0.05) is 12.1 Å². The maximum absolute atomic E-state index is 12.4. The van der Waals surface area contributed by atoms with Crippen molar-refractivity contribution in [3.63, 3.8) is 0 Å². The van der Waals surface area contributed by atoms with Gasteiger partial charge in [-0.25, -0.2) is 0 Å². The molecule has 0 radical (unpaired) electrons. The minimum absolute atomic E-state index is 0.205. The number of esters is 1. The number of nitrogens with one attached hydrogen (secondary N) is 1. The van der Waals surface area contributed by atoms with E-state index in [9.17, 15) is 9.59 Å². The lowest BCUT2D eigenvalue weighted by Crippen LogP contribution is -2.24. The van der Waals surface area contributed by atoms with E-state index in [1.54, 1.807) is 0 Å². The van der Waals surface area contributed by atoms with E-state index in [1.807, 2.05) is 18.2 Å². The number of hydrogen-bond donors (Lipinski definition) is 1. The molecule has 0 unspecified atom stereocenters. The van der Waals surface area contributed by atoms with E-state index in [2.05, 4.69) is 33.0 Å². The highest BCUT2D eigenvalue weighted by Gasteiger charge is 2.40. The van der Waals surface area contributed by atoms with Crippen LogP contribution in [0.15, 0.2) is 18.2 Å². The maximum Gasteiger partial charge on any atom is 0.306 e. The van der Waals surface area contributed by atoms with Crippen LogP contribution in [0.5, 0.6) is 0 Å². The predicted octanol–water partition coefficient (Wildman–Crippen LogP) is 5.24. The summed E-state index contributed by atoms with van der Waals surface area (Å²) in [6.07, 6.45) is 5.49. The molecule has 2 fully saturated rings. The fourth-order valence-corrected chi connectivity index (χ4v) is 4.92. The molecule has 0 heterocycles. The zero-order chi connectivity index (χ0) is 19.6. The normalized spacial score (nSPS) is 23.9. The zero-order valence-electron chi connectivity index (χ0n) is 17.1. The Labute approximate surface area is 163 Å². The average molecular weight is 372 g/mol. The molecule has 2 aliphatic rings. The lowest BCUT2D eigenvalue weighted by molar-refractivity contribution is -0.148. The summed E-state index contributed by atoms with van der Waals surface area (Å²) in [6.45, 7) is 8.26. The molecule has 1 N–H and O–H groups in total. The number of amides is 1. The molecule has 1 aromatic carbocycles. The van der Waals surface area contributed by atoms with Crippen molar-refractivity contribution in [3.05, 3.63) is 29.3 Å². The zero-order valence-corrected chi connectivity index (χ0v) is 17.1. The maximum atomic E-state index is 12.4. The first-order chi connectivity index (χ1) is 12.8. The number of carbonyl (C=O) groups excluding carboxylic acids is 2. The van der Waals surface area contributed by atoms with E-state index in [1.165, 1.54) is 19.3 Å². The molecule has 2 aliphatic carbocycles. The lowest BCUT2D eigenvalue weighted by Gasteiger charge is -2.21. The summed E-state index contributed by atoms with van der Waals surface area (Å²) in [5.74, 6) is 2.10. The van der Waals surface area contributed by atoms with Crippen LogP contribution >= 0.6 is 0 Å². The third-order valence-electron chi connectivity index (χ3n) is 6.31. The minimum atomic E-state index is -0.258. The summed E-state index contributed by atoms with van der Waals surface area (Å²) in [6, 6.07) is 6.14. The molecule has 0 aliphatic heterocycles. The van der Waals surface area contributed by atoms with Gasteiger partial charge in [-0.15, -0.1) is 0 Å². The fourth-order valence-electron chi connectivity index (χ4n) is 4.92. The SMILES string of the molecule is CC(C)c1cccc(C(C)C)c1NC(=O)COC(=O)C[C@@H]1C[C@@H]2CC[C@@H]1C2. The second-order valence-electron chi connectivity index (χ2n) is 8.97. The quantitative estimate of drug-likeness (QED) is 0.667. The molecule has 0 aromatic heterocycles. The van der Waals surface area contributed by atoms with Crippen molar-refractivity contribution in [1.82, 2.24) is 0 Å². The number of rotatable bonds is 7. The molecule has 0 saturated heterocycles. The van der Waals surface area contributed by atoms with Gasteiger partial charge in [0.15, 0.2) is 6.61 Å². The Hall–Kier alpha value is -1.84. The smallest absolute Gasteiger partial charge is 0.306 e. The number of hydrogen-bond acceptors (Lipinski definition) is 3. The van der Waals surface area contributed by atoms with Crippen LogP contribution in [0.2, 0.25) is 0 Å². The van der Waals surface area contributed by atoms with Crippen LogP contribution in [0.25, 0.3) is 0 Å². The Bertz CT molecular complexity index is 669. The fraction of sp³-hybridized carbons (Fsp3) is 0.652. The third kappa shape index (κ3) is 4.72. The van der Waals surface area contributed by atoms with Crippen LogP contribution in [0.3, 0.4) is 0 Å². The molecule has 2 bridgehead atoms. The van der Waals surface area contributed by atoms with Crippen LogP contribution in [-0.4, -0.2) is 18.5 Å². The predicted molar refractivity (Wildman–Crippen MR) is 108 cm³/mol. The van der Waals surface area contributed by atoms with E-state index in [0.717, 1.165) is 29.2 Å². The molecule has 3 rings (SSSR count). The van der Waals surface area contributed by atoms with Crippen molar-refractivity contribution in [2.24, 2.45) is 17.8 Å². The van der Waals surface area contributed by atoms with Gasteiger partial charge in [0.05, 0.1) is 0 Å². The summed E-state index contributed by atoms with van der Waals surface area (Å²) in [7, 11) is 0. The van der Waals surface area contributed by atoms with Crippen molar-refractivity contribution >= 4 is 17.6 Å². The van der Waals surface area contributed by atoms with Crippen molar-refractivity contribution < 1.29 is 14.3 Å². The topological polar surface area (TPSA) is 55.4 Å². The summed E-state index contributed by atoms with van der Waals surface area (Å²) in [5, 5.41) is 3.00. The van der Waals surface area contributed by atoms with Crippen LogP contribution < -0.4 is 5.32 Å². The standard InChI is InChI=1S/C23H33NO3/c1-14(2)19-6-5-7-20(15(3)4)23(19)24-21(25)13-27-22(26)12-18-11-16-8-9-17(18)10-16/h5-7,14-18H,8-13H2,1-4H3,(H,24,25)/t16-,17-,18+/m1/s1. The van der Waals surface area contributed by atoms with E-state index >= 15 is 0 Å². The van der Waals surface area contributed by atoms with E-state index in [-0.39, 0.29) is 18.5 Å². The Morgan fingerprint density at radius 3 is 2.26 bits per heavy atom. The van der Waals surface area contributed by atoms with Gasteiger partial charge in [0.1, 0.15) is 0 Å². The van der Waals surface area contributed by atoms with Crippen LogP contribution in [-0.2, 0) is 14.3 Å². The van der Waals surface area contributed by atoms with Crippen LogP contribution in [0, 0.1) is 17.8 Å². The van der Waals surface area contributed by atoms with Gasteiger partial charge >= 0.3 is 5.97 Å². The summed E-state index contributed by atoms with van der Waals surface area (Å²) in [5.41, 5.74) is 3.10. The molecule has 4 nitrogen and oxygen atoms in total. The first-order valence-electron chi connectivity index (χ1n) is 10.4. The number of fused-ring (bicyclic) bond motifs is 2. The number of anilines is 1. The van der Waals surface area contributed by atoms with E-state index in [0.29, 0.717) is 30.1 Å². The first-order valence-corrected chi connectivity index (χ1v) is 10.4. The highest BCUT2D eigenvalue weighted by atomic mass is 16.5. The highest BCUT2D eigenvalue weighted by Crippen LogP contribution is 2.49. The second-order valence-corrected chi connectivity index (χ2v) is 8.97. The van der Waals surface area contributed by atoms with Crippen molar-refractivity contribution in [1.29, 1.82) is 0 Å². The number of carbonyl (C=O) groups is 2. The molecule has 4 heteroatoms. The van der Waals surface area contributed by atoms with Crippen LogP contribution in [0.1, 0.15) is 82.8 Å². The first kappa shape index (κ1) is 19.9. The summed E-state index contributed by atoms with van der Waals surface area (Å²) in [4.78, 5) is 24.6.